The number of hydrogen-bond acceptors (Lipinski definition) is 3. The maximum atomic E-state index is 12.9. The van der Waals surface area contributed by atoms with Crippen LogP contribution in [0.15, 0.2) is 24.4 Å². The molecule has 3 rings (SSSR count). The fourth-order valence-corrected chi connectivity index (χ4v) is 3.17. The molecule has 1 saturated carbocycles. The van der Waals surface area contributed by atoms with E-state index in [1.165, 1.54) is 6.20 Å². The van der Waals surface area contributed by atoms with Crippen molar-refractivity contribution < 1.29 is 31.1 Å². The lowest BCUT2D eigenvalue weighted by Crippen LogP contribution is -2.12. The zero-order chi connectivity index (χ0) is 19.1. The highest BCUT2D eigenvalue weighted by molar-refractivity contribution is 7.15. The number of amides is 1. The quantitative estimate of drug-likeness (QED) is 0.732. The molecule has 2 aromatic rings. The van der Waals surface area contributed by atoms with Crippen molar-refractivity contribution >= 4 is 22.4 Å². The van der Waals surface area contributed by atoms with E-state index >= 15 is 0 Å². The number of halogens is 6. The van der Waals surface area contributed by atoms with Crippen LogP contribution in [-0.2, 0) is 23.6 Å². The minimum atomic E-state index is -4.88. The first-order valence-corrected chi connectivity index (χ1v) is 8.38. The highest BCUT2D eigenvalue weighted by atomic mass is 32.1. The smallest absolute Gasteiger partial charge is 0.302 e. The molecule has 0 unspecified atom stereocenters. The fraction of sp³-hybridized carbons (Fsp3) is 0.375. The van der Waals surface area contributed by atoms with Crippen molar-refractivity contribution in [3.8, 4) is 0 Å². The minimum Gasteiger partial charge on any atom is -0.302 e. The Morgan fingerprint density at radius 1 is 1.08 bits per heavy atom. The molecule has 3 nitrogen and oxygen atoms in total. The molecule has 1 N–H and O–H groups in total. The zero-order valence-electron chi connectivity index (χ0n) is 13.0. The maximum Gasteiger partial charge on any atom is 0.416 e. The van der Waals surface area contributed by atoms with Crippen LogP contribution in [0.1, 0.15) is 34.4 Å². The largest absolute Gasteiger partial charge is 0.416 e. The molecule has 0 saturated heterocycles. The third kappa shape index (κ3) is 4.54. The van der Waals surface area contributed by atoms with Crippen molar-refractivity contribution in [2.75, 3.05) is 5.32 Å². The Morgan fingerprint density at radius 3 is 2.15 bits per heavy atom. The van der Waals surface area contributed by atoms with Gasteiger partial charge in [0, 0.05) is 23.4 Å². The van der Waals surface area contributed by atoms with Crippen LogP contribution in [0.3, 0.4) is 0 Å². The second kappa shape index (κ2) is 6.57. The summed E-state index contributed by atoms with van der Waals surface area (Å²) in [6.07, 6.45) is -6.98. The lowest BCUT2D eigenvalue weighted by molar-refractivity contribution is -0.143. The predicted molar refractivity (Wildman–Crippen MR) is 82.7 cm³/mol. The van der Waals surface area contributed by atoms with Gasteiger partial charge in [0.25, 0.3) is 0 Å². The Morgan fingerprint density at radius 2 is 1.65 bits per heavy atom. The number of thiazole rings is 1. The summed E-state index contributed by atoms with van der Waals surface area (Å²) in [5, 5.41) is 2.87. The van der Waals surface area contributed by atoms with Gasteiger partial charge in [-0.05, 0) is 36.6 Å². The van der Waals surface area contributed by atoms with Crippen molar-refractivity contribution in [1.82, 2.24) is 4.98 Å². The number of nitrogens with zero attached hydrogens (tertiary/aromatic N) is 1. The number of carbonyl (C=O) groups excluding carboxylic acids is 1. The van der Waals surface area contributed by atoms with Crippen LogP contribution in [0.4, 0.5) is 31.5 Å². The van der Waals surface area contributed by atoms with E-state index in [4.69, 9.17) is 0 Å². The summed E-state index contributed by atoms with van der Waals surface area (Å²) in [5.74, 6) is -0.218. The van der Waals surface area contributed by atoms with E-state index < -0.39 is 23.5 Å². The molecule has 1 aromatic heterocycles. The molecule has 1 aromatic carbocycles. The van der Waals surface area contributed by atoms with Gasteiger partial charge in [0.1, 0.15) is 0 Å². The van der Waals surface area contributed by atoms with E-state index in [1.807, 2.05) is 0 Å². The monoisotopic (exact) mass is 394 g/mol. The van der Waals surface area contributed by atoms with E-state index in [-0.39, 0.29) is 35.0 Å². The lowest BCUT2D eigenvalue weighted by atomic mass is 10.0. The number of anilines is 1. The molecule has 140 valence electrons. The molecule has 0 spiro atoms. The summed E-state index contributed by atoms with van der Waals surface area (Å²) in [6.45, 7) is 0. The van der Waals surface area contributed by atoms with Gasteiger partial charge in [-0.3, -0.25) is 4.79 Å². The van der Waals surface area contributed by atoms with Crippen molar-refractivity contribution in [3.63, 3.8) is 0 Å². The van der Waals surface area contributed by atoms with Crippen LogP contribution in [0.5, 0.6) is 0 Å². The number of benzene rings is 1. The van der Waals surface area contributed by atoms with Gasteiger partial charge in [-0.15, -0.1) is 11.3 Å². The summed E-state index contributed by atoms with van der Waals surface area (Å²) in [7, 11) is 0. The molecule has 0 aliphatic heterocycles. The van der Waals surface area contributed by atoms with Gasteiger partial charge >= 0.3 is 12.4 Å². The van der Waals surface area contributed by atoms with E-state index in [0.717, 1.165) is 24.2 Å². The van der Waals surface area contributed by atoms with Gasteiger partial charge in [0.2, 0.25) is 5.91 Å². The summed E-state index contributed by atoms with van der Waals surface area (Å²) >= 11 is 1.02. The predicted octanol–water partition coefficient (Wildman–Crippen LogP) is 5.12. The minimum absolute atomic E-state index is 0.0415. The Kier molecular flexibility index (Phi) is 4.72. The van der Waals surface area contributed by atoms with E-state index in [1.54, 1.807) is 0 Å². The van der Waals surface area contributed by atoms with Crippen LogP contribution in [0, 0.1) is 5.92 Å². The summed E-state index contributed by atoms with van der Waals surface area (Å²) < 4.78 is 77.3. The average Bonchev–Trinajstić information content (AvgIpc) is 3.28. The number of alkyl halides is 6. The number of carbonyl (C=O) groups is 1. The van der Waals surface area contributed by atoms with Gasteiger partial charge in [0.15, 0.2) is 5.13 Å². The topological polar surface area (TPSA) is 42.0 Å². The lowest BCUT2D eigenvalue weighted by Gasteiger charge is -2.13. The van der Waals surface area contributed by atoms with Crippen LogP contribution in [-0.4, -0.2) is 10.9 Å². The fourth-order valence-electron chi connectivity index (χ4n) is 2.32. The number of hydrogen-bond donors (Lipinski definition) is 1. The van der Waals surface area contributed by atoms with E-state index in [2.05, 4.69) is 10.3 Å². The first-order chi connectivity index (χ1) is 12.0. The Labute approximate surface area is 148 Å². The maximum absolute atomic E-state index is 12.9. The van der Waals surface area contributed by atoms with Gasteiger partial charge in [-0.25, -0.2) is 4.98 Å². The molecular formula is C16H12F6N2OS. The average molecular weight is 394 g/mol. The second-order valence-corrected chi connectivity index (χ2v) is 7.10. The van der Waals surface area contributed by atoms with Crippen molar-refractivity contribution in [2.45, 2.75) is 31.6 Å². The highest BCUT2D eigenvalue weighted by Crippen LogP contribution is 2.37. The Hall–Kier alpha value is -2.10. The Bertz CT molecular complexity index is 791. The highest BCUT2D eigenvalue weighted by Gasteiger charge is 2.37. The molecule has 1 aliphatic carbocycles. The zero-order valence-corrected chi connectivity index (χ0v) is 13.9. The number of rotatable bonds is 4. The SMILES string of the molecule is O=C(Nc1ncc(Cc2cc(C(F)(F)F)cc(C(F)(F)F)c2)s1)C1CC1. The molecule has 1 amide bonds. The van der Waals surface area contributed by atoms with Gasteiger partial charge in [0.05, 0.1) is 11.1 Å². The van der Waals surface area contributed by atoms with Crippen LogP contribution in [0.25, 0.3) is 0 Å². The van der Waals surface area contributed by atoms with Gasteiger partial charge in [-0.1, -0.05) is 0 Å². The third-order valence-corrected chi connectivity index (χ3v) is 4.67. The van der Waals surface area contributed by atoms with E-state index in [0.29, 0.717) is 17.0 Å². The molecule has 10 heteroatoms. The first kappa shape index (κ1) is 18.7. The molecule has 0 bridgehead atoms. The van der Waals surface area contributed by atoms with Crippen LogP contribution in [0.2, 0.25) is 0 Å². The van der Waals surface area contributed by atoms with Gasteiger partial charge < -0.3 is 5.32 Å². The molecule has 1 fully saturated rings. The van der Waals surface area contributed by atoms with Crippen LogP contribution < -0.4 is 5.32 Å². The van der Waals surface area contributed by atoms with Gasteiger partial charge in [-0.2, -0.15) is 26.3 Å². The molecule has 1 aliphatic rings. The third-order valence-electron chi connectivity index (χ3n) is 3.76. The van der Waals surface area contributed by atoms with Crippen molar-refractivity contribution in [3.05, 3.63) is 46.0 Å². The molecule has 0 radical (unpaired) electrons. The summed E-state index contributed by atoms with van der Waals surface area (Å²) in [6, 6.07) is 1.48. The molecule has 0 atom stereocenters. The molecule has 26 heavy (non-hydrogen) atoms. The normalized spacial score (nSPS) is 15.2. The number of nitrogens with one attached hydrogen (secondary N) is 1. The van der Waals surface area contributed by atoms with E-state index in [9.17, 15) is 31.1 Å². The van der Waals surface area contributed by atoms with Crippen molar-refractivity contribution in [1.29, 1.82) is 0 Å². The second-order valence-electron chi connectivity index (χ2n) is 5.99. The standard InChI is InChI=1S/C16H12F6N2OS/c17-15(18,19)10-3-8(4-11(6-10)16(20,21)22)5-12-7-23-14(26-12)24-13(25)9-1-2-9/h3-4,6-7,9H,1-2,5H2,(H,23,24,25). The summed E-state index contributed by atoms with van der Waals surface area (Å²) in [4.78, 5) is 16.1. The molecular weight excluding hydrogens is 382 g/mol. The van der Waals surface area contributed by atoms with Crippen molar-refractivity contribution in [2.24, 2.45) is 5.92 Å². The Balaban J connectivity index is 1.82. The first-order valence-electron chi connectivity index (χ1n) is 7.56. The number of aromatic nitrogens is 1. The summed E-state index contributed by atoms with van der Waals surface area (Å²) in [5.41, 5.74) is -2.83. The van der Waals surface area contributed by atoms with Crippen LogP contribution >= 0.6 is 11.3 Å². The molecule has 1 heterocycles.